The van der Waals surface area contributed by atoms with Crippen LogP contribution in [0, 0.1) is 0 Å². The van der Waals surface area contributed by atoms with E-state index in [0.717, 1.165) is 32.5 Å². The Morgan fingerprint density at radius 3 is 2.45 bits per heavy atom. The minimum atomic E-state index is -4.38. The summed E-state index contributed by atoms with van der Waals surface area (Å²) < 4.78 is 39.1. The van der Waals surface area contributed by atoms with Crippen LogP contribution in [0.5, 0.6) is 0 Å². The lowest BCUT2D eigenvalue weighted by Gasteiger charge is -2.13. The Morgan fingerprint density at radius 1 is 1.14 bits per heavy atom. The molecule has 0 saturated carbocycles. The van der Waals surface area contributed by atoms with Gasteiger partial charge in [0.25, 0.3) is 5.56 Å². The molecule has 29 heavy (non-hydrogen) atoms. The standard InChI is InChI=1S/C19H16F3N3O3S/c1-11(23-17(27)10-25-9-8-16(26)24-18(25)28)14-6-7-15(29-14)12-2-4-13(5-3-12)19(20,21)22/h2-9,11H,10H2,1H3,(H,23,27)(H,24,26,28). The molecule has 0 radical (unpaired) electrons. The zero-order valence-corrected chi connectivity index (χ0v) is 15.9. The number of amides is 1. The summed E-state index contributed by atoms with van der Waals surface area (Å²) in [5.74, 6) is -0.420. The molecule has 152 valence electrons. The van der Waals surface area contributed by atoms with Crippen LogP contribution in [0.3, 0.4) is 0 Å². The van der Waals surface area contributed by atoms with Crippen molar-refractivity contribution in [2.45, 2.75) is 25.7 Å². The van der Waals surface area contributed by atoms with Crippen molar-refractivity contribution in [1.82, 2.24) is 14.9 Å². The maximum atomic E-state index is 12.7. The second kappa shape index (κ2) is 8.08. The summed E-state index contributed by atoms with van der Waals surface area (Å²) in [5, 5.41) is 2.75. The largest absolute Gasteiger partial charge is 0.416 e. The molecular formula is C19H16F3N3O3S. The van der Waals surface area contributed by atoms with Crippen LogP contribution in [0.4, 0.5) is 13.2 Å². The third-order valence-electron chi connectivity index (χ3n) is 4.14. The van der Waals surface area contributed by atoms with Crippen LogP contribution in [0.15, 0.2) is 58.3 Å². The van der Waals surface area contributed by atoms with Crippen molar-refractivity contribution in [3.8, 4) is 10.4 Å². The summed E-state index contributed by atoms with van der Waals surface area (Å²) in [6.07, 6.45) is -3.15. The maximum absolute atomic E-state index is 12.7. The topological polar surface area (TPSA) is 84.0 Å². The van der Waals surface area contributed by atoms with Crippen molar-refractivity contribution in [2.24, 2.45) is 0 Å². The molecule has 3 aromatic rings. The van der Waals surface area contributed by atoms with Crippen LogP contribution >= 0.6 is 11.3 Å². The smallest absolute Gasteiger partial charge is 0.347 e. The number of aromatic nitrogens is 2. The lowest BCUT2D eigenvalue weighted by molar-refractivity contribution is -0.137. The van der Waals surface area contributed by atoms with E-state index in [-0.39, 0.29) is 12.6 Å². The number of aromatic amines is 1. The van der Waals surface area contributed by atoms with Gasteiger partial charge in [-0.2, -0.15) is 13.2 Å². The van der Waals surface area contributed by atoms with E-state index in [1.807, 2.05) is 0 Å². The monoisotopic (exact) mass is 423 g/mol. The number of H-pyrrole nitrogens is 1. The number of carbonyl (C=O) groups is 1. The molecule has 2 aromatic heterocycles. The molecule has 0 bridgehead atoms. The fourth-order valence-corrected chi connectivity index (χ4v) is 3.66. The Morgan fingerprint density at radius 2 is 1.83 bits per heavy atom. The molecule has 0 fully saturated rings. The molecule has 10 heteroatoms. The van der Waals surface area contributed by atoms with Gasteiger partial charge in [-0.25, -0.2) is 4.79 Å². The molecule has 0 aliphatic carbocycles. The first kappa shape index (κ1) is 20.6. The molecule has 2 N–H and O–H groups in total. The van der Waals surface area contributed by atoms with Gasteiger partial charge in [-0.05, 0) is 36.8 Å². The number of alkyl halides is 3. The molecule has 0 saturated heterocycles. The van der Waals surface area contributed by atoms with E-state index in [9.17, 15) is 27.6 Å². The lowest BCUT2D eigenvalue weighted by Crippen LogP contribution is -2.36. The third-order valence-corrected chi connectivity index (χ3v) is 5.46. The number of nitrogens with one attached hydrogen (secondary N) is 2. The number of hydrogen-bond acceptors (Lipinski definition) is 4. The Kier molecular flexibility index (Phi) is 5.73. The zero-order valence-electron chi connectivity index (χ0n) is 15.1. The predicted molar refractivity (Wildman–Crippen MR) is 103 cm³/mol. The Balaban J connectivity index is 1.67. The summed E-state index contributed by atoms with van der Waals surface area (Å²) in [5.41, 5.74) is -1.29. The summed E-state index contributed by atoms with van der Waals surface area (Å²) >= 11 is 1.35. The highest BCUT2D eigenvalue weighted by molar-refractivity contribution is 7.15. The van der Waals surface area contributed by atoms with Crippen LogP contribution in [-0.4, -0.2) is 15.5 Å². The van der Waals surface area contributed by atoms with Crippen LogP contribution < -0.4 is 16.6 Å². The zero-order chi connectivity index (χ0) is 21.2. The van der Waals surface area contributed by atoms with Gasteiger partial charge in [0.2, 0.25) is 5.91 Å². The number of carbonyl (C=O) groups excluding carboxylic acids is 1. The van der Waals surface area contributed by atoms with Crippen molar-refractivity contribution in [3.05, 3.63) is 79.9 Å². The highest BCUT2D eigenvalue weighted by atomic mass is 32.1. The molecule has 1 aromatic carbocycles. The van der Waals surface area contributed by atoms with E-state index in [0.29, 0.717) is 5.56 Å². The minimum absolute atomic E-state index is 0.253. The normalized spacial score (nSPS) is 12.6. The molecule has 0 spiro atoms. The van der Waals surface area contributed by atoms with E-state index >= 15 is 0 Å². The Bertz CT molecular complexity index is 1130. The average molecular weight is 423 g/mol. The fraction of sp³-hybridized carbons (Fsp3) is 0.211. The first-order chi connectivity index (χ1) is 13.6. The first-order valence-electron chi connectivity index (χ1n) is 8.50. The SMILES string of the molecule is CC(NC(=O)Cn1ccc(=O)[nH]c1=O)c1ccc(-c2ccc(C(F)(F)F)cc2)s1. The molecule has 1 unspecified atom stereocenters. The molecule has 1 amide bonds. The van der Waals surface area contributed by atoms with Crippen molar-refractivity contribution < 1.29 is 18.0 Å². The van der Waals surface area contributed by atoms with E-state index in [1.54, 1.807) is 19.1 Å². The first-order valence-corrected chi connectivity index (χ1v) is 9.31. The van der Waals surface area contributed by atoms with Gasteiger partial charge < -0.3 is 5.32 Å². The van der Waals surface area contributed by atoms with Gasteiger partial charge in [0.05, 0.1) is 11.6 Å². The second-order valence-electron chi connectivity index (χ2n) is 6.30. The van der Waals surface area contributed by atoms with Crippen LogP contribution in [0.1, 0.15) is 23.4 Å². The number of halogens is 3. The number of thiophene rings is 1. The summed E-state index contributed by atoms with van der Waals surface area (Å²) in [4.78, 5) is 38.5. The fourth-order valence-electron chi connectivity index (χ4n) is 2.65. The molecule has 6 nitrogen and oxygen atoms in total. The second-order valence-corrected chi connectivity index (χ2v) is 7.42. The molecule has 0 aliphatic rings. The Labute approximate surface area is 166 Å². The van der Waals surface area contributed by atoms with Crippen molar-refractivity contribution >= 4 is 17.2 Å². The van der Waals surface area contributed by atoms with Crippen molar-refractivity contribution in [2.75, 3.05) is 0 Å². The molecule has 1 atom stereocenters. The molecule has 2 heterocycles. The third kappa shape index (κ3) is 5.02. The van der Waals surface area contributed by atoms with Crippen LogP contribution in [0.2, 0.25) is 0 Å². The van der Waals surface area contributed by atoms with Gasteiger partial charge in [-0.3, -0.25) is 19.1 Å². The van der Waals surface area contributed by atoms with Gasteiger partial charge in [-0.1, -0.05) is 12.1 Å². The van der Waals surface area contributed by atoms with Crippen molar-refractivity contribution in [1.29, 1.82) is 0 Å². The average Bonchev–Trinajstić information content (AvgIpc) is 3.14. The number of hydrogen-bond donors (Lipinski definition) is 2. The summed E-state index contributed by atoms with van der Waals surface area (Å²) in [6, 6.07) is 9.22. The summed E-state index contributed by atoms with van der Waals surface area (Å²) in [6.45, 7) is 1.51. The van der Waals surface area contributed by atoms with Crippen molar-refractivity contribution in [3.63, 3.8) is 0 Å². The molecular weight excluding hydrogens is 407 g/mol. The van der Waals surface area contributed by atoms with Gasteiger partial charge in [0, 0.05) is 22.0 Å². The van der Waals surface area contributed by atoms with E-state index in [2.05, 4.69) is 10.3 Å². The van der Waals surface area contributed by atoms with E-state index < -0.39 is 28.9 Å². The van der Waals surface area contributed by atoms with Gasteiger partial charge in [0.15, 0.2) is 0 Å². The quantitative estimate of drug-likeness (QED) is 0.661. The minimum Gasteiger partial charge on any atom is -0.347 e. The maximum Gasteiger partial charge on any atom is 0.416 e. The molecule has 0 aliphatic heterocycles. The van der Waals surface area contributed by atoms with E-state index in [4.69, 9.17) is 0 Å². The Hall–Kier alpha value is -3.14. The van der Waals surface area contributed by atoms with Crippen LogP contribution in [0.25, 0.3) is 10.4 Å². The van der Waals surface area contributed by atoms with E-state index in [1.165, 1.54) is 29.7 Å². The van der Waals surface area contributed by atoms with Crippen LogP contribution in [-0.2, 0) is 17.5 Å². The van der Waals surface area contributed by atoms with Gasteiger partial charge >= 0.3 is 11.9 Å². The highest BCUT2D eigenvalue weighted by Crippen LogP contribution is 2.34. The summed E-state index contributed by atoms with van der Waals surface area (Å²) in [7, 11) is 0. The van der Waals surface area contributed by atoms with Gasteiger partial charge in [-0.15, -0.1) is 11.3 Å². The number of nitrogens with zero attached hydrogens (tertiary/aromatic N) is 1. The molecule has 3 rings (SSSR count). The highest BCUT2D eigenvalue weighted by Gasteiger charge is 2.30. The number of rotatable bonds is 5. The lowest BCUT2D eigenvalue weighted by atomic mass is 10.1. The van der Waals surface area contributed by atoms with Gasteiger partial charge in [0.1, 0.15) is 6.54 Å². The number of benzene rings is 1. The predicted octanol–water partition coefficient (Wildman–Crippen LogP) is 3.16.